The molecule has 1 saturated carbocycles. The molecule has 0 radical (unpaired) electrons. The molecule has 0 atom stereocenters. The van der Waals surface area contributed by atoms with Gasteiger partial charge in [-0.15, -0.1) is 0 Å². The molecule has 0 bridgehead atoms. The number of nitrogens with two attached hydrogens (primary N) is 1. The number of aromatic nitrogens is 1. The van der Waals surface area contributed by atoms with Gasteiger partial charge in [-0.1, -0.05) is 37.5 Å². The molecule has 0 spiro atoms. The zero-order valence-electron chi connectivity index (χ0n) is 11.4. The van der Waals surface area contributed by atoms with Crippen LogP contribution < -0.4 is 11.1 Å². The quantitative estimate of drug-likeness (QED) is 0.824. The van der Waals surface area contributed by atoms with Gasteiger partial charge in [0.2, 0.25) is 0 Å². The number of pyridine rings is 1. The van der Waals surface area contributed by atoms with E-state index in [4.69, 9.17) is 5.73 Å². The first-order valence-electron chi connectivity index (χ1n) is 7.20. The number of nitrogen functional groups attached to an aromatic ring is 1. The highest BCUT2D eigenvalue weighted by Crippen LogP contribution is 2.20. The predicted molar refractivity (Wildman–Crippen MR) is 80.5 cm³/mol. The Labute approximate surface area is 118 Å². The van der Waals surface area contributed by atoms with E-state index in [1.54, 1.807) is 12.1 Å². The second-order valence-electron chi connectivity index (χ2n) is 5.42. The van der Waals surface area contributed by atoms with Gasteiger partial charge in [-0.2, -0.15) is 0 Å². The van der Waals surface area contributed by atoms with Crippen molar-refractivity contribution in [2.45, 2.75) is 38.1 Å². The lowest BCUT2D eigenvalue weighted by atomic mass is 9.95. The summed E-state index contributed by atoms with van der Waals surface area (Å²) in [7, 11) is 0. The van der Waals surface area contributed by atoms with Crippen LogP contribution in [0.3, 0.4) is 0 Å². The summed E-state index contributed by atoms with van der Waals surface area (Å²) in [6.07, 6.45) is 5.81. The molecule has 104 valence electrons. The van der Waals surface area contributed by atoms with Crippen molar-refractivity contribution in [3.05, 3.63) is 36.0 Å². The smallest absolute Gasteiger partial charge is 0.270 e. The van der Waals surface area contributed by atoms with Crippen molar-refractivity contribution in [1.29, 1.82) is 0 Å². The zero-order chi connectivity index (χ0) is 13.9. The van der Waals surface area contributed by atoms with Crippen molar-refractivity contribution in [1.82, 2.24) is 10.3 Å². The van der Waals surface area contributed by atoms with Crippen molar-refractivity contribution in [3.8, 4) is 0 Å². The van der Waals surface area contributed by atoms with Gasteiger partial charge < -0.3 is 11.1 Å². The largest absolute Gasteiger partial charge is 0.397 e. The van der Waals surface area contributed by atoms with E-state index < -0.39 is 0 Å². The first-order valence-corrected chi connectivity index (χ1v) is 7.20. The summed E-state index contributed by atoms with van der Waals surface area (Å²) >= 11 is 0. The van der Waals surface area contributed by atoms with E-state index in [1.807, 2.05) is 18.2 Å². The average molecular weight is 269 g/mol. The SMILES string of the molecule is Nc1cccc2ccc(C(=O)NC3CCCCC3)nc12. The molecule has 4 nitrogen and oxygen atoms in total. The van der Waals surface area contributed by atoms with Crippen LogP contribution in [0.15, 0.2) is 30.3 Å². The average Bonchev–Trinajstić information content (AvgIpc) is 2.48. The molecule has 1 aromatic heterocycles. The van der Waals surface area contributed by atoms with Gasteiger partial charge in [-0.25, -0.2) is 4.98 Å². The van der Waals surface area contributed by atoms with Gasteiger partial charge in [0.1, 0.15) is 5.69 Å². The molecule has 3 rings (SSSR count). The van der Waals surface area contributed by atoms with Crippen LogP contribution >= 0.6 is 0 Å². The summed E-state index contributed by atoms with van der Waals surface area (Å²) in [5.74, 6) is -0.0953. The minimum atomic E-state index is -0.0953. The number of rotatable bonds is 2. The van der Waals surface area contributed by atoms with Crippen molar-refractivity contribution in [2.75, 3.05) is 5.73 Å². The van der Waals surface area contributed by atoms with E-state index in [9.17, 15) is 4.79 Å². The number of benzene rings is 1. The second kappa shape index (κ2) is 5.49. The number of anilines is 1. The highest BCUT2D eigenvalue weighted by molar-refractivity contribution is 5.97. The Morgan fingerprint density at radius 3 is 2.75 bits per heavy atom. The maximum absolute atomic E-state index is 12.3. The Morgan fingerprint density at radius 1 is 1.15 bits per heavy atom. The van der Waals surface area contributed by atoms with Crippen LogP contribution in [0, 0.1) is 0 Å². The third-order valence-corrected chi connectivity index (χ3v) is 3.92. The first-order chi connectivity index (χ1) is 9.74. The molecule has 1 aliphatic rings. The van der Waals surface area contributed by atoms with Gasteiger partial charge in [-0.3, -0.25) is 4.79 Å². The van der Waals surface area contributed by atoms with Crippen LogP contribution in [0.25, 0.3) is 10.9 Å². The molecule has 0 unspecified atom stereocenters. The van der Waals surface area contributed by atoms with Crippen molar-refractivity contribution in [2.24, 2.45) is 0 Å². The van der Waals surface area contributed by atoms with Gasteiger partial charge in [0.05, 0.1) is 11.2 Å². The Balaban J connectivity index is 1.82. The number of hydrogen-bond donors (Lipinski definition) is 2. The van der Waals surface area contributed by atoms with E-state index in [0.717, 1.165) is 18.2 Å². The highest BCUT2D eigenvalue weighted by atomic mass is 16.1. The molecular weight excluding hydrogens is 250 g/mol. The molecule has 20 heavy (non-hydrogen) atoms. The Hall–Kier alpha value is -2.10. The van der Waals surface area contributed by atoms with E-state index in [2.05, 4.69) is 10.3 Å². The summed E-state index contributed by atoms with van der Waals surface area (Å²) in [6.45, 7) is 0. The fourth-order valence-corrected chi connectivity index (χ4v) is 2.80. The van der Waals surface area contributed by atoms with Crippen LogP contribution in [0.5, 0.6) is 0 Å². The number of nitrogens with zero attached hydrogens (tertiary/aromatic N) is 1. The first kappa shape index (κ1) is 12.9. The van der Waals surface area contributed by atoms with Gasteiger partial charge in [0.25, 0.3) is 5.91 Å². The van der Waals surface area contributed by atoms with Crippen molar-refractivity contribution in [3.63, 3.8) is 0 Å². The molecule has 1 aliphatic carbocycles. The van der Waals surface area contributed by atoms with E-state index in [-0.39, 0.29) is 5.91 Å². The Kier molecular flexibility index (Phi) is 3.54. The molecule has 3 N–H and O–H groups in total. The van der Waals surface area contributed by atoms with Crippen LogP contribution in [0.2, 0.25) is 0 Å². The maximum atomic E-state index is 12.3. The van der Waals surface area contributed by atoms with E-state index in [0.29, 0.717) is 22.9 Å². The lowest BCUT2D eigenvalue weighted by molar-refractivity contribution is 0.0923. The van der Waals surface area contributed by atoms with Crippen LogP contribution in [0.4, 0.5) is 5.69 Å². The molecule has 0 saturated heterocycles. The monoisotopic (exact) mass is 269 g/mol. The number of amides is 1. The maximum Gasteiger partial charge on any atom is 0.270 e. The van der Waals surface area contributed by atoms with Gasteiger partial charge in [0, 0.05) is 11.4 Å². The van der Waals surface area contributed by atoms with Crippen molar-refractivity contribution >= 4 is 22.5 Å². The number of hydrogen-bond acceptors (Lipinski definition) is 3. The van der Waals surface area contributed by atoms with Gasteiger partial charge >= 0.3 is 0 Å². The molecule has 4 heteroatoms. The van der Waals surface area contributed by atoms with Crippen molar-refractivity contribution < 1.29 is 4.79 Å². The molecule has 2 aromatic rings. The summed E-state index contributed by atoms with van der Waals surface area (Å²) in [4.78, 5) is 16.7. The standard InChI is InChI=1S/C16H19N3O/c17-13-8-4-5-11-9-10-14(19-15(11)13)16(20)18-12-6-2-1-3-7-12/h4-5,8-10,12H,1-3,6-7,17H2,(H,18,20). The number of carbonyl (C=O) groups excluding carboxylic acids is 1. The molecule has 1 amide bonds. The predicted octanol–water partition coefficient (Wildman–Crippen LogP) is 2.88. The Morgan fingerprint density at radius 2 is 1.95 bits per heavy atom. The summed E-state index contributed by atoms with van der Waals surface area (Å²) in [6, 6.07) is 9.59. The molecular formula is C16H19N3O. The molecule has 1 aromatic carbocycles. The minimum Gasteiger partial charge on any atom is -0.397 e. The summed E-state index contributed by atoms with van der Waals surface area (Å²) in [5, 5.41) is 4.03. The van der Waals surface area contributed by atoms with Crippen LogP contribution in [0.1, 0.15) is 42.6 Å². The molecule has 0 aliphatic heterocycles. The zero-order valence-corrected chi connectivity index (χ0v) is 11.4. The number of para-hydroxylation sites is 1. The third-order valence-electron chi connectivity index (χ3n) is 3.92. The normalized spacial score (nSPS) is 16.2. The number of nitrogens with one attached hydrogen (secondary N) is 1. The Bertz CT molecular complexity index is 633. The van der Waals surface area contributed by atoms with Gasteiger partial charge in [0.15, 0.2) is 0 Å². The number of fused-ring (bicyclic) bond motifs is 1. The minimum absolute atomic E-state index is 0.0953. The second-order valence-corrected chi connectivity index (χ2v) is 5.42. The van der Waals surface area contributed by atoms with E-state index in [1.165, 1.54) is 19.3 Å². The molecule has 1 fully saturated rings. The summed E-state index contributed by atoms with van der Waals surface area (Å²) < 4.78 is 0. The number of carbonyl (C=O) groups is 1. The van der Waals surface area contributed by atoms with E-state index >= 15 is 0 Å². The topological polar surface area (TPSA) is 68.0 Å². The summed E-state index contributed by atoms with van der Waals surface area (Å²) in [5.41, 5.74) is 7.66. The third kappa shape index (κ3) is 2.59. The lowest BCUT2D eigenvalue weighted by Crippen LogP contribution is -2.36. The molecule has 1 heterocycles. The van der Waals surface area contributed by atoms with Gasteiger partial charge in [-0.05, 0) is 25.0 Å². The highest BCUT2D eigenvalue weighted by Gasteiger charge is 2.17. The van der Waals surface area contributed by atoms with Crippen LogP contribution in [-0.2, 0) is 0 Å². The fraction of sp³-hybridized carbons (Fsp3) is 0.375. The fourth-order valence-electron chi connectivity index (χ4n) is 2.80. The lowest BCUT2D eigenvalue weighted by Gasteiger charge is -2.22. The van der Waals surface area contributed by atoms with Crippen LogP contribution in [-0.4, -0.2) is 16.9 Å².